The summed E-state index contributed by atoms with van der Waals surface area (Å²) in [6.45, 7) is 0. The first-order chi connectivity index (χ1) is 11.5. The second kappa shape index (κ2) is 8.41. The van der Waals surface area contributed by atoms with Crippen LogP contribution in [0.15, 0.2) is 28.6 Å². The molecule has 0 saturated heterocycles. The van der Waals surface area contributed by atoms with Crippen molar-refractivity contribution >= 4 is 46.1 Å². The molecule has 0 radical (unpaired) electrons. The van der Waals surface area contributed by atoms with Crippen LogP contribution in [0, 0.1) is 0 Å². The van der Waals surface area contributed by atoms with Gasteiger partial charge in [0.15, 0.2) is 5.13 Å². The largest absolute Gasteiger partial charge is 0.477 e. The third kappa shape index (κ3) is 5.32. The molecule has 0 saturated carbocycles. The van der Waals surface area contributed by atoms with Crippen molar-refractivity contribution in [3.8, 4) is 0 Å². The quantitative estimate of drug-likeness (QED) is 0.560. The zero-order valence-electron chi connectivity index (χ0n) is 12.5. The number of ether oxygens (including phenoxy) is 1. The van der Waals surface area contributed by atoms with E-state index in [1.807, 2.05) is 0 Å². The van der Waals surface area contributed by atoms with Gasteiger partial charge in [-0.1, -0.05) is 17.8 Å². The molecule has 1 amide bonds. The molecule has 0 aliphatic heterocycles. The lowest BCUT2D eigenvalue weighted by molar-refractivity contribution is -0.139. The maximum Gasteiger partial charge on any atom is 0.354 e. The Balaban J connectivity index is 1.86. The number of esters is 1. The van der Waals surface area contributed by atoms with E-state index in [-0.39, 0.29) is 23.8 Å². The van der Waals surface area contributed by atoms with Gasteiger partial charge < -0.3 is 15.2 Å². The Kier molecular flexibility index (Phi) is 6.27. The second-order valence-electron chi connectivity index (χ2n) is 4.40. The Labute approximate surface area is 145 Å². The van der Waals surface area contributed by atoms with Gasteiger partial charge in [0.25, 0.3) is 0 Å². The molecule has 2 aromatic heterocycles. The number of thioether (sulfide) groups is 1. The number of hydrogen-bond acceptors (Lipinski definition) is 8. The fraction of sp³-hybridized carbons (Fsp3) is 0.214. The number of nitrogens with zero attached hydrogens (tertiary/aromatic N) is 2. The Bertz CT molecular complexity index is 762. The van der Waals surface area contributed by atoms with Crippen molar-refractivity contribution in [2.24, 2.45) is 0 Å². The molecule has 126 valence electrons. The molecule has 2 rings (SSSR count). The average Bonchev–Trinajstić information content (AvgIpc) is 2.99. The number of carboxylic acid groups (broad SMARTS) is 1. The minimum Gasteiger partial charge on any atom is -0.477 e. The van der Waals surface area contributed by atoms with Gasteiger partial charge in [0.05, 0.1) is 30.0 Å². The Morgan fingerprint density at radius 2 is 2.12 bits per heavy atom. The van der Waals surface area contributed by atoms with Crippen LogP contribution in [0.4, 0.5) is 5.13 Å². The van der Waals surface area contributed by atoms with Gasteiger partial charge in [-0.05, 0) is 12.1 Å². The molecule has 0 atom stereocenters. The summed E-state index contributed by atoms with van der Waals surface area (Å²) in [4.78, 5) is 41.9. The number of pyridine rings is 1. The number of methoxy groups -OCH3 is 1. The third-order valence-electron chi connectivity index (χ3n) is 2.65. The lowest BCUT2D eigenvalue weighted by Gasteiger charge is -2.02. The lowest BCUT2D eigenvalue weighted by atomic mass is 10.3. The van der Waals surface area contributed by atoms with E-state index in [0.29, 0.717) is 15.9 Å². The van der Waals surface area contributed by atoms with Crippen LogP contribution in [0.1, 0.15) is 16.2 Å². The molecular weight excluding hydrogens is 354 g/mol. The molecule has 10 heteroatoms. The van der Waals surface area contributed by atoms with Gasteiger partial charge in [0.1, 0.15) is 5.69 Å². The van der Waals surface area contributed by atoms with Crippen LogP contribution in [-0.2, 0) is 20.7 Å². The fourth-order valence-corrected chi connectivity index (χ4v) is 2.99. The van der Waals surface area contributed by atoms with Crippen LogP contribution in [0.25, 0.3) is 0 Å². The average molecular weight is 367 g/mol. The lowest BCUT2D eigenvalue weighted by Crippen LogP contribution is -2.14. The molecule has 8 nitrogen and oxygen atoms in total. The van der Waals surface area contributed by atoms with Crippen molar-refractivity contribution in [1.29, 1.82) is 0 Å². The number of rotatable bonds is 7. The monoisotopic (exact) mass is 367 g/mol. The first-order valence-corrected chi connectivity index (χ1v) is 8.48. The highest BCUT2D eigenvalue weighted by Crippen LogP contribution is 2.19. The van der Waals surface area contributed by atoms with Crippen LogP contribution >= 0.6 is 23.1 Å². The molecule has 0 bridgehead atoms. The Morgan fingerprint density at radius 3 is 2.83 bits per heavy atom. The van der Waals surface area contributed by atoms with Gasteiger partial charge in [0, 0.05) is 5.38 Å². The molecule has 2 aromatic rings. The molecule has 0 aromatic carbocycles. The van der Waals surface area contributed by atoms with E-state index < -0.39 is 11.9 Å². The van der Waals surface area contributed by atoms with Crippen LogP contribution < -0.4 is 5.32 Å². The van der Waals surface area contributed by atoms with Crippen molar-refractivity contribution in [3.63, 3.8) is 0 Å². The summed E-state index contributed by atoms with van der Waals surface area (Å²) < 4.78 is 4.54. The van der Waals surface area contributed by atoms with Gasteiger partial charge in [0.2, 0.25) is 5.91 Å². The molecule has 0 aliphatic carbocycles. The number of carbonyl (C=O) groups is 3. The number of carbonyl (C=O) groups excluding carboxylic acids is 2. The van der Waals surface area contributed by atoms with Crippen molar-refractivity contribution in [1.82, 2.24) is 9.97 Å². The molecule has 0 unspecified atom stereocenters. The first kappa shape index (κ1) is 17.9. The number of carboxylic acids is 1. The van der Waals surface area contributed by atoms with E-state index in [4.69, 9.17) is 5.11 Å². The standard InChI is InChI=1S/C14H13N3O5S2/c1-22-12(19)5-8-6-24-14(15-8)17-10(18)7-23-11-4-2-3-9(16-11)13(20)21/h2-4,6H,5,7H2,1H3,(H,20,21)(H,15,17,18). The summed E-state index contributed by atoms with van der Waals surface area (Å²) in [5, 5.41) is 14.0. The predicted octanol–water partition coefficient (Wildman–Crippen LogP) is 1.68. The Hall–Kier alpha value is -2.46. The van der Waals surface area contributed by atoms with Gasteiger partial charge in [-0.25, -0.2) is 14.8 Å². The minimum atomic E-state index is -1.12. The highest BCUT2D eigenvalue weighted by molar-refractivity contribution is 7.99. The number of anilines is 1. The summed E-state index contributed by atoms with van der Waals surface area (Å²) in [7, 11) is 1.29. The smallest absolute Gasteiger partial charge is 0.354 e. The van der Waals surface area contributed by atoms with Gasteiger partial charge in [-0.3, -0.25) is 9.59 Å². The zero-order valence-corrected chi connectivity index (χ0v) is 14.1. The molecule has 0 aliphatic rings. The number of nitrogens with one attached hydrogen (secondary N) is 1. The van der Waals surface area contributed by atoms with Crippen LogP contribution in [0.2, 0.25) is 0 Å². The summed E-state index contributed by atoms with van der Waals surface area (Å²) in [5.41, 5.74) is 0.443. The fourth-order valence-electron chi connectivity index (χ4n) is 1.57. The van der Waals surface area contributed by atoms with E-state index in [2.05, 4.69) is 20.0 Å². The molecule has 2 heterocycles. The topological polar surface area (TPSA) is 118 Å². The summed E-state index contributed by atoms with van der Waals surface area (Å²) in [6.07, 6.45) is 0.0452. The number of hydrogen-bond donors (Lipinski definition) is 2. The summed E-state index contributed by atoms with van der Waals surface area (Å²) in [6, 6.07) is 4.57. The highest BCUT2D eigenvalue weighted by Gasteiger charge is 2.11. The Morgan fingerprint density at radius 1 is 1.33 bits per heavy atom. The second-order valence-corrected chi connectivity index (χ2v) is 6.25. The van der Waals surface area contributed by atoms with Gasteiger partial charge in [-0.15, -0.1) is 11.3 Å². The molecule has 0 fully saturated rings. The highest BCUT2D eigenvalue weighted by atomic mass is 32.2. The molecular formula is C14H13N3O5S2. The van der Waals surface area contributed by atoms with Crippen LogP contribution in [0.5, 0.6) is 0 Å². The minimum absolute atomic E-state index is 0.0452. The normalized spacial score (nSPS) is 10.2. The van der Waals surface area contributed by atoms with E-state index in [1.54, 1.807) is 17.5 Å². The van der Waals surface area contributed by atoms with Crippen molar-refractivity contribution in [3.05, 3.63) is 35.0 Å². The maximum absolute atomic E-state index is 11.9. The molecule has 24 heavy (non-hydrogen) atoms. The molecule has 0 spiro atoms. The van der Waals surface area contributed by atoms with E-state index in [1.165, 1.54) is 24.5 Å². The third-order valence-corrected chi connectivity index (χ3v) is 4.38. The zero-order chi connectivity index (χ0) is 17.5. The van der Waals surface area contributed by atoms with E-state index >= 15 is 0 Å². The predicted molar refractivity (Wildman–Crippen MR) is 88.4 cm³/mol. The van der Waals surface area contributed by atoms with Crippen molar-refractivity contribution < 1.29 is 24.2 Å². The number of amides is 1. The van der Waals surface area contributed by atoms with Gasteiger partial charge >= 0.3 is 11.9 Å². The number of thiazole rings is 1. The molecule has 2 N–H and O–H groups in total. The number of aromatic carboxylic acids is 1. The van der Waals surface area contributed by atoms with Gasteiger partial charge in [-0.2, -0.15) is 0 Å². The summed E-state index contributed by atoms with van der Waals surface area (Å²) >= 11 is 2.32. The van der Waals surface area contributed by atoms with E-state index in [9.17, 15) is 14.4 Å². The summed E-state index contributed by atoms with van der Waals surface area (Å²) in [5.74, 6) is -1.77. The maximum atomic E-state index is 11.9. The SMILES string of the molecule is COC(=O)Cc1csc(NC(=O)CSc2cccc(C(=O)O)n2)n1. The van der Waals surface area contributed by atoms with Crippen LogP contribution in [-0.4, -0.2) is 45.8 Å². The van der Waals surface area contributed by atoms with Crippen LogP contribution in [0.3, 0.4) is 0 Å². The van der Waals surface area contributed by atoms with E-state index in [0.717, 1.165) is 11.8 Å². The van der Waals surface area contributed by atoms with Crippen molar-refractivity contribution in [2.45, 2.75) is 11.4 Å². The van der Waals surface area contributed by atoms with Crippen molar-refractivity contribution in [2.75, 3.05) is 18.2 Å². The number of aromatic nitrogens is 2. The first-order valence-electron chi connectivity index (χ1n) is 6.62.